The van der Waals surface area contributed by atoms with Gasteiger partial charge in [0.15, 0.2) is 29.3 Å². The predicted octanol–water partition coefficient (Wildman–Crippen LogP) is 2.17. The second kappa shape index (κ2) is 14.0. The molecule has 2 aliphatic rings. The fraction of sp³-hybridized carbons (Fsp3) is 0.429. The average Bonchev–Trinajstić information content (AvgIpc) is 3.77. The summed E-state index contributed by atoms with van der Waals surface area (Å²) in [6.45, 7) is 9.70. The SMILES string of the molecule is Cc1ccc(C)c(Cn2cc(CCNc3ncnc4c3ncn4C3OC(C(=O)NCCN4CCOCC4)C(O)C3O)c3ccccc32)c1. The molecule has 2 saturated heterocycles. The Morgan fingerprint density at radius 3 is 2.69 bits per heavy atom. The number of aliphatic hydroxyl groups excluding tert-OH is 2. The number of fused-ring (bicyclic) bond motifs is 2. The molecule has 2 aliphatic heterocycles. The standard InChI is InChI=1S/C35H42N8O5/c1-22-7-8-23(2)25(17-22)19-42-18-24(26-5-3-4-6-27(26)42)9-10-36-32-28-33(39-20-38-32)43(21-40-28)35-30(45)29(44)31(48-35)34(46)37-11-12-41-13-15-47-16-14-41/h3-8,17-18,20-21,29-31,35,44-45H,9-16,19H2,1-2H3,(H,37,46)(H,36,38,39). The summed E-state index contributed by atoms with van der Waals surface area (Å²) in [6, 6.07) is 15.0. The number of aromatic nitrogens is 5. The zero-order chi connectivity index (χ0) is 33.2. The minimum Gasteiger partial charge on any atom is -0.387 e. The van der Waals surface area contributed by atoms with Crippen molar-refractivity contribution in [1.82, 2.24) is 34.3 Å². The van der Waals surface area contributed by atoms with Crippen molar-refractivity contribution < 1.29 is 24.5 Å². The molecule has 5 heterocycles. The van der Waals surface area contributed by atoms with Crippen LogP contribution in [0.15, 0.2) is 61.3 Å². The Bertz CT molecular complexity index is 1900. The minimum absolute atomic E-state index is 0.398. The number of benzene rings is 2. The van der Waals surface area contributed by atoms with Crippen LogP contribution < -0.4 is 10.6 Å². The van der Waals surface area contributed by atoms with Crippen molar-refractivity contribution in [2.24, 2.45) is 0 Å². The van der Waals surface area contributed by atoms with Crippen LogP contribution in [0.2, 0.25) is 0 Å². The van der Waals surface area contributed by atoms with Crippen molar-refractivity contribution in [2.75, 3.05) is 51.3 Å². The highest BCUT2D eigenvalue weighted by Crippen LogP contribution is 2.32. The summed E-state index contributed by atoms with van der Waals surface area (Å²) in [5, 5.41) is 29.1. The monoisotopic (exact) mass is 654 g/mol. The molecular formula is C35H42N8O5. The molecule has 7 rings (SSSR count). The minimum atomic E-state index is -1.41. The van der Waals surface area contributed by atoms with E-state index in [0.29, 0.717) is 49.8 Å². The van der Waals surface area contributed by atoms with Crippen LogP contribution in [0, 0.1) is 13.8 Å². The Morgan fingerprint density at radius 1 is 1.00 bits per heavy atom. The number of carbonyl (C=O) groups is 1. The zero-order valence-electron chi connectivity index (χ0n) is 27.2. The fourth-order valence-electron chi connectivity index (χ4n) is 6.66. The van der Waals surface area contributed by atoms with Gasteiger partial charge >= 0.3 is 0 Å². The van der Waals surface area contributed by atoms with Crippen LogP contribution in [0.5, 0.6) is 0 Å². The summed E-state index contributed by atoms with van der Waals surface area (Å²) >= 11 is 0. The smallest absolute Gasteiger partial charge is 0.252 e. The Kier molecular flexibility index (Phi) is 9.37. The van der Waals surface area contributed by atoms with Gasteiger partial charge in [0.2, 0.25) is 0 Å². The molecule has 0 saturated carbocycles. The van der Waals surface area contributed by atoms with Gasteiger partial charge in [-0.2, -0.15) is 0 Å². The second-order valence-corrected chi connectivity index (χ2v) is 12.6. The van der Waals surface area contributed by atoms with Gasteiger partial charge in [-0.05, 0) is 43.0 Å². The van der Waals surface area contributed by atoms with Crippen molar-refractivity contribution in [3.05, 3.63) is 83.6 Å². The Labute approximate surface area is 278 Å². The summed E-state index contributed by atoms with van der Waals surface area (Å²) in [7, 11) is 0. The lowest BCUT2D eigenvalue weighted by Gasteiger charge is -2.26. The largest absolute Gasteiger partial charge is 0.387 e. The number of hydrogen-bond donors (Lipinski definition) is 4. The van der Waals surface area contributed by atoms with E-state index in [0.717, 1.165) is 26.1 Å². The Morgan fingerprint density at radius 2 is 1.83 bits per heavy atom. The van der Waals surface area contributed by atoms with Gasteiger partial charge in [0.1, 0.15) is 18.5 Å². The number of anilines is 1. The first-order valence-corrected chi connectivity index (χ1v) is 16.5. The van der Waals surface area contributed by atoms with E-state index >= 15 is 0 Å². The number of amides is 1. The van der Waals surface area contributed by atoms with Gasteiger partial charge in [0.25, 0.3) is 5.91 Å². The summed E-state index contributed by atoms with van der Waals surface area (Å²) in [4.78, 5) is 28.5. The van der Waals surface area contributed by atoms with Crippen LogP contribution in [0.4, 0.5) is 5.82 Å². The van der Waals surface area contributed by atoms with Crippen LogP contribution >= 0.6 is 0 Å². The first-order valence-electron chi connectivity index (χ1n) is 16.5. The molecule has 48 heavy (non-hydrogen) atoms. The maximum atomic E-state index is 12.9. The van der Waals surface area contributed by atoms with E-state index in [9.17, 15) is 15.0 Å². The Hall–Kier alpha value is -4.40. The van der Waals surface area contributed by atoms with Crippen LogP contribution in [0.1, 0.15) is 28.5 Å². The maximum absolute atomic E-state index is 12.9. The van der Waals surface area contributed by atoms with E-state index in [2.05, 4.69) is 97.6 Å². The fourth-order valence-corrected chi connectivity index (χ4v) is 6.66. The molecule has 13 heteroatoms. The summed E-state index contributed by atoms with van der Waals surface area (Å²) in [5.74, 6) is 0.0670. The van der Waals surface area contributed by atoms with Gasteiger partial charge in [-0.25, -0.2) is 15.0 Å². The number of hydrogen-bond acceptors (Lipinski definition) is 10. The molecule has 0 radical (unpaired) electrons. The lowest BCUT2D eigenvalue weighted by atomic mass is 10.1. The molecule has 0 aliphatic carbocycles. The average molecular weight is 655 g/mol. The number of imidazole rings is 1. The molecule has 4 N–H and O–H groups in total. The van der Waals surface area contributed by atoms with E-state index in [1.165, 1.54) is 50.4 Å². The van der Waals surface area contributed by atoms with Crippen molar-refractivity contribution in [3.63, 3.8) is 0 Å². The van der Waals surface area contributed by atoms with E-state index < -0.39 is 30.4 Å². The van der Waals surface area contributed by atoms with Crippen molar-refractivity contribution in [3.8, 4) is 0 Å². The van der Waals surface area contributed by atoms with E-state index in [-0.39, 0.29) is 0 Å². The van der Waals surface area contributed by atoms with E-state index in [4.69, 9.17) is 9.47 Å². The summed E-state index contributed by atoms with van der Waals surface area (Å²) in [5.41, 5.74) is 7.17. The molecule has 1 amide bonds. The molecule has 2 aromatic carbocycles. The number of para-hydroxylation sites is 1. The molecule has 0 bridgehead atoms. The topological polar surface area (TPSA) is 152 Å². The lowest BCUT2D eigenvalue weighted by molar-refractivity contribution is -0.137. The van der Waals surface area contributed by atoms with Gasteiger partial charge in [-0.1, -0.05) is 42.0 Å². The van der Waals surface area contributed by atoms with Crippen LogP contribution in [-0.4, -0.2) is 109 Å². The number of morpholine rings is 1. The molecular weight excluding hydrogens is 612 g/mol. The predicted molar refractivity (Wildman–Crippen MR) is 181 cm³/mol. The molecule has 252 valence electrons. The van der Waals surface area contributed by atoms with Gasteiger partial charge in [0, 0.05) is 56.4 Å². The maximum Gasteiger partial charge on any atom is 0.252 e. The van der Waals surface area contributed by atoms with Gasteiger partial charge < -0.3 is 34.9 Å². The number of nitrogens with one attached hydrogen (secondary N) is 2. The summed E-state index contributed by atoms with van der Waals surface area (Å²) < 4.78 is 15.1. The molecule has 4 atom stereocenters. The molecule has 4 unspecified atom stereocenters. The third-order valence-electron chi connectivity index (χ3n) is 9.36. The molecule has 0 spiro atoms. The van der Waals surface area contributed by atoms with Crippen LogP contribution in [0.3, 0.4) is 0 Å². The number of aliphatic hydroxyl groups is 2. The van der Waals surface area contributed by atoms with Gasteiger partial charge in [0.05, 0.1) is 19.5 Å². The number of rotatable bonds is 11. The first kappa shape index (κ1) is 32.2. The normalized spacial score (nSPS) is 21.7. The molecule has 3 aromatic heterocycles. The number of carbonyl (C=O) groups excluding carboxylic acids is 1. The van der Waals surface area contributed by atoms with Crippen molar-refractivity contribution in [1.29, 1.82) is 0 Å². The number of aryl methyl sites for hydroxylation is 2. The highest BCUT2D eigenvalue weighted by atomic mass is 16.6. The Balaban J connectivity index is 1.01. The van der Waals surface area contributed by atoms with E-state index in [1.54, 1.807) is 0 Å². The third-order valence-corrected chi connectivity index (χ3v) is 9.36. The third kappa shape index (κ3) is 6.51. The van der Waals surface area contributed by atoms with Crippen LogP contribution in [0.25, 0.3) is 22.1 Å². The van der Waals surface area contributed by atoms with Gasteiger partial charge in [-0.3, -0.25) is 14.3 Å². The number of nitrogens with zero attached hydrogens (tertiary/aromatic N) is 6. The second-order valence-electron chi connectivity index (χ2n) is 12.6. The van der Waals surface area contributed by atoms with Gasteiger partial charge in [-0.15, -0.1) is 0 Å². The van der Waals surface area contributed by atoms with E-state index in [1.807, 2.05) is 0 Å². The number of ether oxygens (including phenoxy) is 2. The summed E-state index contributed by atoms with van der Waals surface area (Å²) in [6.07, 6.45) is 0.854. The lowest BCUT2D eigenvalue weighted by Crippen LogP contribution is -2.46. The molecule has 2 fully saturated rings. The highest BCUT2D eigenvalue weighted by Gasteiger charge is 2.47. The quantitative estimate of drug-likeness (QED) is 0.167. The van der Waals surface area contributed by atoms with Crippen LogP contribution in [-0.2, 0) is 27.2 Å². The van der Waals surface area contributed by atoms with Crippen molar-refractivity contribution >= 4 is 33.8 Å². The molecule has 5 aromatic rings. The molecule has 13 nitrogen and oxygen atoms in total. The highest BCUT2D eigenvalue weighted by molar-refractivity contribution is 5.85. The van der Waals surface area contributed by atoms with Crippen molar-refractivity contribution in [2.45, 2.75) is 51.4 Å². The zero-order valence-corrected chi connectivity index (χ0v) is 27.2. The first-order chi connectivity index (χ1) is 23.4.